The van der Waals surface area contributed by atoms with Crippen molar-refractivity contribution in [3.63, 3.8) is 0 Å². The van der Waals surface area contributed by atoms with Crippen molar-refractivity contribution >= 4 is 0 Å². The van der Waals surface area contributed by atoms with E-state index in [2.05, 4.69) is 38.0 Å². The van der Waals surface area contributed by atoms with Crippen molar-refractivity contribution in [3.8, 4) is 0 Å². The highest BCUT2D eigenvalue weighted by atomic mass is 15.1. The Morgan fingerprint density at radius 1 is 1.05 bits per heavy atom. The summed E-state index contributed by atoms with van der Waals surface area (Å²) >= 11 is 0. The lowest BCUT2D eigenvalue weighted by Crippen LogP contribution is -2.47. The summed E-state index contributed by atoms with van der Waals surface area (Å²) in [7, 11) is 2.39. The summed E-state index contributed by atoms with van der Waals surface area (Å²) in [6.07, 6.45) is 11.4. The second-order valence-electron chi connectivity index (χ2n) is 7.88. The maximum Gasteiger partial charge on any atom is 0.0108 e. The molecular weight excluding hydrogens is 256 g/mol. The highest BCUT2D eigenvalue weighted by molar-refractivity contribution is 4.87. The lowest BCUT2D eigenvalue weighted by Gasteiger charge is -2.41. The maximum atomic E-state index is 3.77. The van der Waals surface area contributed by atoms with Gasteiger partial charge in [0.05, 0.1) is 0 Å². The van der Waals surface area contributed by atoms with Crippen LogP contribution < -0.4 is 5.32 Å². The molecule has 2 nitrogen and oxygen atoms in total. The summed E-state index contributed by atoms with van der Waals surface area (Å²) < 4.78 is 0. The Morgan fingerprint density at radius 2 is 1.86 bits per heavy atom. The average Bonchev–Trinajstić information content (AvgIpc) is 2.49. The summed E-state index contributed by atoms with van der Waals surface area (Å²) in [6.45, 7) is 9.51. The van der Waals surface area contributed by atoms with Crippen molar-refractivity contribution in [2.75, 3.05) is 20.1 Å². The van der Waals surface area contributed by atoms with Gasteiger partial charge < -0.3 is 10.2 Å². The van der Waals surface area contributed by atoms with E-state index in [0.29, 0.717) is 0 Å². The Morgan fingerprint density at radius 3 is 2.52 bits per heavy atom. The van der Waals surface area contributed by atoms with Gasteiger partial charge in [-0.15, -0.1) is 0 Å². The predicted octanol–water partition coefficient (Wildman–Crippen LogP) is 4.30. The fourth-order valence-electron chi connectivity index (χ4n) is 4.79. The Labute approximate surface area is 133 Å². The van der Waals surface area contributed by atoms with Gasteiger partial charge in [0.25, 0.3) is 0 Å². The molecule has 5 atom stereocenters. The van der Waals surface area contributed by atoms with E-state index in [1.54, 1.807) is 0 Å². The molecule has 2 aliphatic carbocycles. The average molecular weight is 295 g/mol. The standard InChI is InChI=1S/C19H38N2/c1-5-16-10-11-19(20-6-2)17(13-16)14-21(4)18-9-7-8-15(3)12-18/h15-20H,5-14H2,1-4H3. The van der Waals surface area contributed by atoms with Crippen LogP contribution in [0.15, 0.2) is 0 Å². The largest absolute Gasteiger partial charge is 0.314 e. The second-order valence-corrected chi connectivity index (χ2v) is 7.88. The van der Waals surface area contributed by atoms with Gasteiger partial charge in [0.15, 0.2) is 0 Å². The quantitative estimate of drug-likeness (QED) is 0.785. The molecule has 2 heteroatoms. The number of hydrogen-bond donors (Lipinski definition) is 1. The molecule has 21 heavy (non-hydrogen) atoms. The van der Waals surface area contributed by atoms with Crippen molar-refractivity contribution in [2.45, 2.75) is 84.2 Å². The van der Waals surface area contributed by atoms with Crippen molar-refractivity contribution in [1.82, 2.24) is 10.2 Å². The zero-order chi connectivity index (χ0) is 15.2. The normalized spacial score (nSPS) is 37.9. The van der Waals surface area contributed by atoms with Gasteiger partial charge in [0.2, 0.25) is 0 Å². The molecule has 1 N–H and O–H groups in total. The van der Waals surface area contributed by atoms with Crippen LogP contribution in [0, 0.1) is 17.8 Å². The highest BCUT2D eigenvalue weighted by Crippen LogP contribution is 2.33. The zero-order valence-electron chi connectivity index (χ0n) is 14.9. The molecule has 2 rings (SSSR count). The molecule has 0 heterocycles. The molecule has 0 aromatic carbocycles. The highest BCUT2D eigenvalue weighted by Gasteiger charge is 2.32. The third-order valence-electron chi connectivity index (χ3n) is 6.19. The second kappa shape index (κ2) is 8.53. The lowest BCUT2D eigenvalue weighted by atomic mass is 9.76. The molecular formula is C19H38N2. The van der Waals surface area contributed by atoms with Crippen LogP contribution in [0.4, 0.5) is 0 Å². The van der Waals surface area contributed by atoms with Crippen molar-refractivity contribution < 1.29 is 0 Å². The van der Waals surface area contributed by atoms with E-state index in [4.69, 9.17) is 0 Å². The molecule has 2 fully saturated rings. The van der Waals surface area contributed by atoms with E-state index < -0.39 is 0 Å². The minimum Gasteiger partial charge on any atom is -0.314 e. The van der Waals surface area contributed by atoms with Gasteiger partial charge in [0, 0.05) is 18.6 Å². The molecule has 0 aromatic rings. The van der Waals surface area contributed by atoms with E-state index in [1.807, 2.05) is 0 Å². The fourth-order valence-corrected chi connectivity index (χ4v) is 4.79. The van der Waals surface area contributed by atoms with E-state index in [-0.39, 0.29) is 0 Å². The molecule has 0 spiro atoms. The van der Waals surface area contributed by atoms with Crippen LogP contribution >= 0.6 is 0 Å². The fraction of sp³-hybridized carbons (Fsp3) is 1.00. The van der Waals surface area contributed by atoms with Crippen molar-refractivity contribution in [3.05, 3.63) is 0 Å². The molecule has 2 saturated carbocycles. The van der Waals surface area contributed by atoms with Gasteiger partial charge in [0.1, 0.15) is 0 Å². The van der Waals surface area contributed by atoms with Gasteiger partial charge >= 0.3 is 0 Å². The van der Waals surface area contributed by atoms with Crippen LogP contribution in [-0.2, 0) is 0 Å². The van der Waals surface area contributed by atoms with E-state index >= 15 is 0 Å². The summed E-state index contributed by atoms with van der Waals surface area (Å²) in [4.78, 5) is 2.71. The van der Waals surface area contributed by atoms with Gasteiger partial charge in [-0.25, -0.2) is 0 Å². The van der Waals surface area contributed by atoms with Gasteiger partial charge in [-0.3, -0.25) is 0 Å². The van der Waals surface area contributed by atoms with Crippen LogP contribution in [-0.4, -0.2) is 37.1 Å². The Balaban J connectivity index is 1.89. The molecule has 0 saturated heterocycles. The summed E-state index contributed by atoms with van der Waals surface area (Å²) in [5.41, 5.74) is 0. The Kier molecular flexibility index (Phi) is 7.01. The predicted molar refractivity (Wildman–Crippen MR) is 92.6 cm³/mol. The third kappa shape index (κ3) is 4.96. The smallest absolute Gasteiger partial charge is 0.0108 e. The number of nitrogens with one attached hydrogen (secondary N) is 1. The molecule has 0 aliphatic heterocycles. The van der Waals surface area contributed by atoms with Gasteiger partial charge in [-0.1, -0.05) is 40.0 Å². The van der Waals surface area contributed by atoms with Crippen molar-refractivity contribution in [1.29, 1.82) is 0 Å². The zero-order valence-corrected chi connectivity index (χ0v) is 14.9. The summed E-state index contributed by atoms with van der Waals surface area (Å²) in [5.74, 6) is 2.78. The molecule has 124 valence electrons. The maximum absolute atomic E-state index is 3.77. The number of rotatable bonds is 6. The minimum atomic E-state index is 0.765. The van der Waals surface area contributed by atoms with E-state index in [1.165, 1.54) is 57.9 Å². The molecule has 2 aliphatic rings. The van der Waals surface area contributed by atoms with Crippen LogP contribution in [0.2, 0.25) is 0 Å². The van der Waals surface area contributed by atoms with Crippen LogP contribution in [0.5, 0.6) is 0 Å². The van der Waals surface area contributed by atoms with Crippen LogP contribution in [0.1, 0.15) is 72.1 Å². The van der Waals surface area contributed by atoms with Gasteiger partial charge in [-0.05, 0) is 63.5 Å². The Bertz CT molecular complexity index is 291. The summed E-state index contributed by atoms with van der Waals surface area (Å²) in [5, 5.41) is 3.77. The molecule has 0 bridgehead atoms. The first kappa shape index (κ1) is 17.3. The van der Waals surface area contributed by atoms with E-state index in [0.717, 1.165) is 36.4 Å². The first-order valence-electron chi connectivity index (χ1n) is 9.57. The van der Waals surface area contributed by atoms with Gasteiger partial charge in [-0.2, -0.15) is 0 Å². The molecule has 0 radical (unpaired) electrons. The minimum absolute atomic E-state index is 0.765. The topological polar surface area (TPSA) is 15.3 Å². The van der Waals surface area contributed by atoms with Crippen LogP contribution in [0.3, 0.4) is 0 Å². The SMILES string of the molecule is CCNC1CCC(CC)CC1CN(C)C1CCCC(C)C1. The molecule has 0 aromatic heterocycles. The van der Waals surface area contributed by atoms with E-state index in [9.17, 15) is 0 Å². The third-order valence-corrected chi connectivity index (χ3v) is 6.19. The first-order chi connectivity index (χ1) is 10.1. The summed E-state index contributed by atoms with van der Waals surface area (Å²) in [6, 6.07) is 1.61. The van der Waals surface area contributed by atoms with Crippen molar-refractivity contribution in [2.24, 2.45) is 17.8 Å². The molecule has 5 unspecified atom stereocenters. The van der Waals surface area contributed by atoms with Crippen LogP contribution in [0.25, 0.3) is 0 Å². The number of hydrogen-bond acceptors (Lipinski definition) is 2. The Hall–Kier alpha value is -0.0800. The lowest BCUT2D eigenvalue weighted by molar-refractivity contribution is 0.102. The first-order valence-corrected chi connectivity index (χ1v) is 9.57. The number of nitrogens with zero attached hydrogens (tertiary/aromatic N) is 1. The monoisotopic (exact) mass is 294 g/mol. The molecule has 0 amide bonds.